The first-order valence-electron chi connectivity index (χ1n) is 10.4. The molecule has 0 unspecified atom stereocenters. The van der Waals surface area contributed by atoms with Gasteiger partial charge >= 0.3 is 0 Å². The largest absolute Gasteiger partial charge is 0.335 e. The van der Waals surface area contributed by atoms with Crippen molar-refractivity contribution in [3.8, 4) is 0 Å². The summed E-state index contributed by atoms with van der Waals surface area (Å²) in [5.41, 5.74) is 1.68. The van der Waals surface area contributed by atoms with E-state index in [-0.39, 0.29) is 24.3 Å². The quantitative estimate of drug-likeness (QED) is 0.647. The zero-order valence-corrected chi connectivity index (χ0v) is 18.2. The predicted octanol–water partition coefficient (Wildman–Crippen LogP) is 3.38. The molecule has 0 bridgehead atoms. The molecule has 0 saturated carbocycles. The third kappa shape index (κ3) is 5.00. The number of carbonyl (C=O) groups excluding carboxylic acids is 3. The van der Waals surface area contributed by atoms with Crippen molar-refractivity contribution in [2.75, 3.05) is 31.5 Å². The van der Waals surface area contributed by atoms with E-state index in [0.29, 0.717) is 48.1 Å². The van der Waals surface area contributed by atoms with Crippen LogP contribution in [0.2, 0.25) is 5.02 Å². The molecule has 0 radical (unpaired) electrons. The smallest absolute Gasteiger partial charge is 0.270 e. The Balaban J connectivity index is 1.35. The number of hydrogen-bond acceptors (Lipinski definition) is 3. The van der Waals surface area contributed by atoms with E-state index < -0.39 is 0 Å². The van der Waals surface area contributed by atoms with Crippen LogP contribution in [-0.4, -0.2) is 58.3 Å². The van der Waals surface area contributed by atoms with E-state index in [1.165, 1.54) is 0 Å². The number of amides is 3. The molecule has 32 heavy (non-hydrogen) atoms. The minimum atomic E-state index is -0.254. The van der Waals surface area contributed by atoms with Crippen molar-refractivity contribution >= 4 is 35.0 Å². The summed E-state index contributed by atoms with van der Waals surface area (Å²) in [5.74, 6) is -0.438. The van der Waals surface area contributed by atoms with Gasteiger partial charge in [0.2, 0.25) is 5.91 Å². The lowest BCUT2D eigenvalue weighted by Gasteiger charge is -2.35. The molecule has 4 rings (SSSR count). The summed E-state index contributed by atoms with van der Waals surface area (Å²) in [6, 6.07) is 19.5. The van der Waals surface area contributed by atoms with E-state index in [2.05, 4.69) is 5.32 Å². The van der Waals surface area contributed by atoms with Crippen molar-refractivity contribution < 1.29 is 14.4 Å². The molecule has 1 N–H and O–H groups in total. The molecule has 1 saturated heterocycles. The van der Waals surface area contributed by atoms with Gasteiger partial charge in [0.15, 0.2) is 0 Å². The van der Waals surface area contributed by atoms with Gasteiger partial charge in [0.1, 0.15) is 12.2 Å². The summed E-state index contributed by atoms with van der Waals surface area (Å²) >= 11 is 5.96. The van der Waals surface area contributed by atoms with Crippen molar-refractivity contribution in [2.24, 2.45) is 0 Å². The van der Waals surface area contributed by atoms with Gasteiger partial charge in [-0.1, -0.05) is 35.9 Å². The second-order valence-electron chi connectivity index (χ2n) is 7.53. The molecule has 0 atom stereocenters. The Kier molecular flexibility index (Phi) is 6.56. The van der Waals surface area contributed by atoms with Crippen molar-refractivity contribution in [1.82, 2.24) is 14.4 Å². The van der Waals surface area contributed by atoms with Gasteiger partial charge in [0.25, 0.3) is 11.8 Å². The standard InChI is InChI=1S/C24H23ClN4O3/c25-19-8-4-9-20(16-19)26-22(30)17-29-11-5-10-21(29)24(32)28-14-12-27(13-15-28)23(31)18-6-2-1-3-7-18/h1-11,16H,12-15,17H2,(H,26,30). The van der Waals surface area contributed by atoms with Crippen LogP contribution in [0.1, 0.15) is 20.8 Å². The number of halogens is 1. The SMILES string of the molecule is O=C(Cn1cccc1C(=O)N1CCN(C(=O)c2ccccc2)CC1)Nc1cccc(Cl)c1. The first-order chi connectivity index (χ1) is 15.5. The second-order valence-corrected chi connectivity index (χ2v) is 7.97. The highest BCUT2D eigenvalue weighted by atomic mass is 35.5. The molecule has 8 heteroatoms. The minimum Gasteiger partial charge on any atom is -0.335 e. The number of carbonyl (C=O) groups is 3. The molecule has 3 aromatic rings. The monoisotopic (exact) mass is 450 g/mol. The zero-order valence-electron chi connectivity index (χ0n) is 17.4. The number of rotatable bonds is 5. The lowest BCUT2D eigenvalue weighted by molar-refractivity contribution is -0.116. The molecule has 1 aliphatic heterocycles. The van der Waals surface area contributed by atoms with Crippen LogP contribution in [0.4, 0.5) is 5.69 Å². The Labute approximate surface area is 191 Å². The van der Waals surface area contributed by atoms with E-state index >= 15 is 0 Å². The third-order valence-corrected chi connectivity index (χ3v) is 5.58. The van der Waals surface area contributed by atoms with Crippen LogP contribution in [0.15, 0.2) is 72.9 Å². The Hall–Kier alpha value is -3.58. The third-order valence-electron chi connectivity index (χ3n) is 5.35. The molecule has 164 valence electrons. The fourth-order valence-electron chi connectivity index (χ4n) is 3.71. The number of nitrogens with one attached hydrogen (secondary N) is 1. The van der Waals surface area contributed by atoms with Crippen molar-refractivity contribution in [2.45, 2.75) is 6.54 Å². The molecule has 7 nitrogen and oxygen atoms in total. The molecule has 0 spiro atoms. The molecule has 3 amide bonds. The maximum Gasteiger partial charge on any atom is 0.270 e. The van der Waals surface area contributed by atoms with Gasteiger partial charge in [-0.3, -0.25) is 14.4 Å². The summed E-state index contributed by atoms with van der Waals surface area (Å²) in [7, 11) is 0. The van der Waals surface area contributed by atoms with Crippen LogP contribution in [-0.2, 0) is 11.3 Å². The highest BCUT2D eigenvalue weighted by Crippen LogP contribution is 2.16. The van der Waals surface area contributed by atoms with E-state index in [9.17, 15) is 14.4 Å². The Morgan fingerprint density at radius 2 is 1.50 bits per heavy atom. The molecule has 1 aromatic heterocycles. The van der Waals surface area contributed by atoms with E-state index in [1.807, 2.05) is 18.2 Å². The number of hydrogen-bond donors (Lipinski definition) is 1. The summed E-state index contributed by atoms with van der Waals surface area (Å²) in [6.07, 6.45) is 1.71. The molecule has 0 aliphatic carbocycles. The topological polar surface area (TPSA) is 74.7 Å². The van der Waals surface area contributed by atoms with Gasteiger partial charge in [-0.25, -0.2) is 0 Å². The van der Waals surface area contributed by atoms with E-state index in [1.54, 1.807) is 69.1 Å². The molecule has 2 heterocycles. The summed E-state index contributed by atoms with van der Waals surface area (Å²) in [6.45, 7) is 1.83. The Bertz CT molecular complexity index is 1120. The Morgan fingerprint density at radius 3 is 2.19 bits per heavy atom. The molecule has 2 aromatic carbocycles. The summed E-state index contributed by atoms with van der Waals surface area (Å²) in [4.78, 5) is 41.6. The first-order valence-corrected chi connectivity index (χ1v) is 10.7. The van der Waals surface area contributed by atoms with Crippen LogP contribution in [0.25, 0.3) is 0 Å². The second kappa shape index (κ2) is 9.70. The van der Waals surface area contributed by atoms with Gasteiger partial charge in [-0.15, -0.1) is 0 Å². The normalized spacial score (nSPS) is 13.7. The maximum atomic E-state index is 13.1. The van der Waals surface area contributed by atoms with E-state index in [4.69, 9.17) is 11.6 Å². The fraction of sp³-hybridized carbons (Fsp3) is 0.208. The van der Waals surface area contributed by atoms with Gasteiger partial charge in [0.05, 0.1) is 0 Å². The van der Waals surface area contributed by atoms with Crippen LogP contribution >= 0.6 is 11.6 Å². The number of aromatic nitrogens is 1. The number of benzene rings is 2. The number of piperazine rings is 1. The minimum absolute atomic E-state index is 0.00699. The first kappa shape index (κ1) is 21.6. The number of nitrogens with zero attached hydrogens (tertiary/aromatic N) is 3. The zero-order chi connectivity index (χ0) is 22.5. The highest BCUT2D eigenvalue weighted by molar-refractivity contribution is 6.30. The average Bonchev–Trinajstić information content (AvgIpc) is 3.26. The van der Waals surface area contributed by atoms with Crippen LogP contribution in [0.5, 0.6) is 0 Å². The molecule has 1 aliphatic rings. The lowest BCUT2D eigenvalue weighted by Crippen LogP contribution is -2.51. The number of anilines is 1. The van der Waals surface area contributed by atoms with E-state index in [0.717, 1.165) is 0 Å². The van der Waals surface area contributed by atoms with Gasteiger partial charge < -0.3 is 19.7 Å². The summed E-state index contributed by atoms with van der Waals surface area (Å²) < 4.78 is 1.63. The highest BCUT2D eigenvalue weighted by Gasteiger charge is 2.27. The van der Waals surface area contributed by atoms with Crippen molar-refractivity contribution in [3.63, 3.8) is 0 Å². The molecular weight excluding hydrogens is 428 g/mol. The molecular formula is C24H23ClN4O3. The van der Waals surface area contributed by atoms with Crippen LogP contribution in [0, 0.1) is 0 Å². The van der Waals surface area contributed by atoms with Crippen molar-refractivity contribution in [3.05, 3.63) is 89.2 Å². The van der Waals surface area contributed by atoms with Gasteiger partial charge in [-0.2, -0.15) is 0 Å². The lowest BCUT2D eigenvalue weighted by atomic mass is 10.2. The predicted molar refractivity (Wildman–Crippen MR) is 123 cm³/mol. The fourth-order valence-corrected chi connectivity index (χ4v) is 3.90. The van der Waals surface area contributed by atoms with Crippen LogP contribution < -0.4 is 5.32 Å². The van der Waals surface area contributed by atoms with Gasteiger partial charge in [0, 0.05) is 48.6 Å². The van der Waals surface area contributed by atoms with Gasteiger partial charge in [-0.05, 0) is 42.5 Å². The Morgan fingerprint density at radius 1 is 0.812 bits per heavy atom. The molecule has 1 fully saturated rings. The van der Waals surface area contributed by atoms with Crippen LogP contribution in [0.3, 0.4) is 0 Å². The summed E-state index contributed by atoms with van der Waals surface area (Å²) in [5, 5.41) is 3.32. The van der Waals surface area contributed by atoms with Crippen molar-refractivity contribution in [1.29, 1.82) is 0 Å². The maximum absolute atomic E-state index is 13.1. The average molecular weight is 451 g/mol.